The van der Waals surface area contributed by atoms with Crippen LogP contribution in [0.2, 0.25) is 0 Å². The molecule has 0 fully saturated rings. The van der Waals surface area contributed by atoms with Crippen LogP contribution in [0.15, 0.2) is 109 Å². The van der Waals surface area contributed by atoms with Crippen LogP contribution in [0.1, 0.15) is 290 Å². The SMILES string of the molecule is CC/C=C\C/C=C\C/C=C\C/C=C\C/C=C\C/C=C\C/C=C\CCCCCC(=O)OCC(COC(=O)CCCCCCCCCCC)OC(=O)CCCCCCCCCCCCC/C=C\C/C=C\CCCCCCC. The van der Waals surface area contributed by atoms with Crippen molar-refractivity contribution in [3.63, 3.8) is 0 Å². The van der Waals surface area contributed by atoms with E-state index in [9.17, 15) is 14.4 Å². The Labute approximate surface area is 463 Å². The highest BCUT2D eigenvalue weighted by molar-refractivity contribution is 5.71. The summed E-state index contributed by atoms with van der Waals surface area (Å²) in [6, 6.07) is 0. The molecule has 6 nitrogen and oxygen atoms in total. The second-order valence-electron chi connectivity index (χ2n) is 20.6. The highest BCUT2D eigenvalue weighted by Gasteiger charge is 2.19. The summed E-state index contributed by atoms with van der Waals surface area (Å²) < 4.78 is 16.8. The Morgan fingerprint density at radius 3 is 0.827 bits per heavy atom. The molecule has 428 valence electrons. The number of esters is 3. The van der Waals surface area contributed by atoms with E-state index in [1.165, 1.54) is 135 Å². The topological polar surface area (TPSA) is 78.9 Å². The lowest BCUT2D eigenvalue weighted by atomic mass is 10.0. The number of hydrogen-bond acceptors (Lipinski definition) is 6. The first-order chi connectivity index (χ1) is 37.0. The molecule has 0 bridgehead atoms. The van der Waals surface area contributed by atoms with Gasteiger partial charge in [-0.1, -0.05) is 271 Å². The summed E-state index contributed by atoms with van der Waals surface area (Å²) in [5.74, 6) is -0.923. The van der Waals surface area contributed by atoms with Crippen molar-refractivity contribution < 1.29 is 28.6 Å². The van der Waals surface area contributed by atoms with Gasteiger partial charge in [-0.2, -0.15) is 0 Å². The van der Waals surface area contributed by atoms with Gasteiger partial charge in [0, 0.05) is 19.3 Å². The summed E-state index contributed by atoms with van der Waals surface area (Å²) >= 11 is 0. The minimum Gasteiger partial charge on any atom is -0.462 e. The zero-order valence-corrected chi connectivity index (χ0v) is 49.0. The van der Waals surface area contributed by atoms with E-state index in [1.807, 2.05) is 0 Å². The summed E-state index contributed by atoms with van der Waals surface area (Å²) in [5.41, 5.74) is 0. The molecular formula is C69H116O6. The maximum Gasteiger partial charge on any atom is 0.306 e. The van der Waals surface area contributed by atoms with Gasteiger partial charge in [-0.3, -0.25) is 14.4 Å². The van der Waals surface area contributed by atoms with Gasteiger partial charge >= 0.3 is 17.9 Å². The van der Waals surface area contributed by atoms with E-state index in [1.54, 1.807) is 0 Å². The van der Waals surface area contributed by atoms with E-state index in [-0.39, 0.29) is 31.1 Å². The molecule has 0 aliphatic heterocycles. The number of ether oxygens (including phenoxy) is 3. The van der Waals surface area contributed by atoms with Crippen molar-refractivity contribution >= 4 is 17.9 Å². The van der Waals surface area contributed by atoms with E-state index < -0.39 is 6.10 Å². The lowest BCUT2D eigenvalue weighted by molar-refractivity contribution is -0.167. The Kier molecular flexibility index (Phi) is 59.3. The molecule has 0 radical (unpaired) electrons. The van der Waals surface area contributed by atoms with Crippen LogP contribution in [0.25, 0.3) is 0 Å². The van der Waals surface area contributed by atoms with Gasteiger partial charge in [0.25, 0.3) is 0 Å². The molecule has 0 N–H and O–H groups in total. The predicted molar refractivity (Wildman–Crippen MR) is 325 cm³/mol. The molecule has 0 aliphatic rings. The van der Waals surface area contributed by atoms with Crippen molar-refractivity contribution in [1.82, 2.24) is 0 Å². The standard InChI is InChI=1S/C69H116O6/c1-4-7-10-13-16-19-21-23-25-27-29-31-33-34-36-37-39-41-43-45-47-50-53-56-59-62-68(71)74-65-66(64-73-67(70)61-58-55-52-49-18-15-12-9-6-3)75-69(72)63-60-57-54-51-48-46-44-42-40-38-35-32-30-28-26-24-22-20-17-14-11-8-5-2/h7,10,16,19,22-25,28-31,34,36,39,41,45,47,66H,4-6,8-9,11-15,17-18,20-21,26-27,32-33,35,37-38,40,42-44,46,48-65H2,1-3H3/b10-7-,19-16-,24-22-,25-23-,30-28-,31-29-,36-34-,41-39-,47-45-. The Morgan fingerprint density at radius 1 is 0.280 bits per heavy atom. The lowest BCUT2D eigenvalue weighted by Gasteiger charge is -2.18. The van der Waals surface area contributed by atoms with Crippen molar-refractivity contribution in [2.24, 2.45) is 0 Å². The number of carbonyl (C=O) groups excluding carboxylic acids is 3. The molecule has 1 unspecified atom stereocenters. The van der Waals surface area contributed by atoms with Crippen LogP contribution < -0.4 is 0 Å². The minimum absolute atomic E-state index is 0.0888. The van der Waals surface area contributed by atoms with Crippen LogP contribution in [0.4, 0.5) is 0 Å². The van der Waals surface area contributed by atoms with Crippen molar-refractivity contribution in [2.75, 3.05) is 13.2 Å². The second-order valence-corrected chi connectivity index (χ2v) is 20.6. The highest BCUT2D eigenvalue weighted by Crippen LogP contribution is 2.15. The van der Waals surface area contributed by atoms with Crippen LogP contribution in [-0.4, -0.2) is 37.2 Å². The first-order valence-corrected chi connectivity index (χ1v) is 31.4. The third-order valence-electron chi connectivity index (χ3n) is 13.3. The van der Waals surface area contributed by atoms with Crippen molar-refractivity contribution in [2.45, 2.75) is 297 Å². The van der Waals surface area contributed by atoms with Gasteiger partial charge in [0.1, 0.15) is 13.2 Å². The van der Waals surface area contributed by atoms with Crippen LogP contribution >= 0.6 is 0 Å². The lowest BCUT2D eigenvalue weighted by Crippen LogP contribution is -2.30. The quantitative estimate of drug-likeness (QED) is 0.0261. The normalized spacial score (nSPS) is 12.8. The molecule has 0 amide bonds. The molecule has 0 saturated heterocycles. The van der Waals surface area contributed by atoms with Gasteiger partial charge in [0.05, 0.1) is 0 Å². The monoisotopic (exact) mass is 1040 g/mol. The van der Waals surface area contributed by atoms with Crippen LogP contribution in [0.3, 0.4) is 0 Å². The maximum atomic E-state index is 12.9. The van der Waals surface area contributed by atoms with Crippen molar-refractivity contribution in [3.8, 4) is 0 Å². The molecule has 0 heterocycles. The molecule has 0 spiro atoms. The van der Waals surface area contributed by atoms with Crippen LogP contribution in [0.5, 0.6) is 0 Å². The van der Waals surface area contributed by atoms with E-state index >= 15 is 0 Å². The van der Waals surface area contributed by atoms with Crippen molar-refractivity contribution in [3.05, 3.63) is 109 Å². The van der Waals surface area contributed by atoms with Crippen LogP contribution in [0, 0.1) is 0 Å². The average Bonchev–Trinajstić information content (AvgIpc) is 3.41. The molecule has 6 heteroatoms. The summed E-state index contributed by atoms with van der Waals surface area (Å²) in [6.45, 7) is 6.48. The third kappa shape index (κ3) is 60.8. The van der Waals surface area contributed by atoms with Gasteiger partial charge in [0.15, 0.2) is 6.10 Å². The summed E-state index contributed by atoms with van der Waals surface area (Å²) in [7, 11) is 0. The molecule has 75 heavy (non-hydrogen) atoms. The first-order valence-electron chi connectivity index (χ1n) is 31.4. The second kappa shape index (κ2) is 62.6. The number of unbranched alkanes of at least 4 members (excludes halogenated alkanes) is 27. The Morgan fingerprint density at radius 2 is 0.520 bits per heavy atom. The maximum absolute atomic E-state index is 12.9. The number of hydrogen-bond donors (Lipinski definition) is 0. The predicted octanol–water partition coefficient (Wildman–Crippen LogP) is 21.4. The van der Waals surface area contributed by atoms with Crippen molar-refractivity contribution in [1.29, 1.82) is 0 Å². The third-order valence-corrected chi connectivity index (χ3v) is 13.3. The molecule has 0 aromatic rings. The van der Waals surface area contributed by atoms with E-state index in [4.69, 9.17) is 14.2 Å². The Hall–Kier alpha value is -3.93. The summed E-state index contributed by atoms with van der Waals surface area (Å²) in [5, 5.41) is 0. The molecule has 0 saturated carbocycles. The van der Waals surface area contributed by atoms with Crippen LogP contribution in [-0.2, 0) is 28.6 Å². The number of rotatable bonds is 56. The molecular weight excluding hydrogens is 925 g/mol. The largest absolute Gasteiger partial charge is 0.462 e. The Balaban J connectivity index is 4.32. The highest BCUT2D eigenvalue weighted by atomic mass is 16.6. The van der Waals surface area contributed by atoms with Gasteiger partial charge in [-0.05, 0) is 109 Å². The van der Waals surface area contributed by atoms with E-state index in [0.29, 0.717) is 19.3 Å². The smallest absolute Gasteiger partial charge is 0.306 e. The fourth-order valence-corrected chi connectivity index (χ4v) is 8.57. The first kappa shape index (κ1) is 71.1. The van der Waals surface area contributed by atoms with Gasteiger partial charge < -0.3 is 14.2 Å². The fraction of sp³-hybridized carbons (Fsp3) is 0.696. The summed E-state index contributed by atoms with van der Waals surface area (Å²) in [6.07, 6.45) is 85.3. The van der Waals surface area contributed by atoms with Gasteiger partial charge in [-0.15, -0.1) is 0 Å². The number of carbonyl (C=O) groups is 3. The molecule has 0 aliphatic carbocycles. The molecule has 0 rings (SSSR count). The summed E-state index contributed by atoms with van der Waals surface area (Å²) in [4.78, 5) is 38.2. The zero-order chi connectivity index (χ0) is 54.3. The van der Waals surface area contributed by atoms with Gasteiger partial charge in [-0.25, -0.2) is 0 Å². The van der Waals surface area contributed by atoms with Gasteiger partial charge in [0.2, 0.25) is 0 Å². The molecule has 1 atom stereocenters. The molecule has 0 aromatic heterocycles. The number of allylic oxidation sites excluding steroid dienone is 18. The van der Waals surface area contributed by atoms with E-state index in [2.05, 4.69) is 130 Å². The minimum atomic E-state index is -0.793. The zero-order valence-electron chi connectivity index (χ0n) is 49.0. The average molecular weight is 1040 g/mol. The Bertz CT molecular complexity index is 1520. The molecule has 0 aromatic carbocycles. The fourth-order valence-electron chi connectivity index (χ4n) is 8.57. The van der Waals surface area contributed by atoms with E-state index in [0.717, 1.165) is 116 Å².